The van der Waals surface area contributed by atoms with Crippen LogP contribution in [-0.2, 0) is 4.74 Å². The van der Waals surface area contributed by atoms with Crippen LogP contribution in [0.25, 0.3) is 6.08 Å². The summed E-state index contributed by atoms with van der Waals surface area (Å²) in [6, 6.07) is 9.39. The fourth-order valence-electron chi connectivity index (χ4n) is 2.67. The Balaban J connectivity index is 1.51. The summed E-state index contributed by atoms with van der Waals surface area (Å²) in [4.78, 5) is 0. The quantitative estimate of drug-likeness (QED) is 0.540. The Morgan fingerprint density at radius 2 is 1.71 bits per heavy atom. The number of hydrogen-bond donors (Lipinski definition) is 0. The minimum absolute atomic E-state index is 0.274. The lowest BCUT2D eigenvalue weighted by Crippen LogP contribution is -1.96. The Labute approximate surface area is 164 Å². The van der Waals surface area contributed by atoms with E-state index in [0.717, 1.165) is 22.6 Å². The van der Waals surface area contributed by atoms with Crippen LogP contribution < -0.4 is 23.7 Å². The Bertz CT molecular complexity index is 882. The maximum absolute atomic E-state index is 5.52. The molecule has 2 aromatic carbocycles. The second kappa shape index (κ2) is 9.58. The first kappa shape index (κ1) is 19.5. The molecule has 0 radical (unpaired) electrons. The Morgan fingerprint density at radius 3 is 2.43 bits per heavy atom. The van der Waals surface area contributed by atoms with Crippen molar-refractivity contribution in [3.05, 3.63) is 47.5 Å². The van der Waals surface area contributed by atoms with E-state index in [1.165, 1.54) is 0 Å². The largest absolute Gasteiger partial charge is 0.493 e. The van der Waals surface area contributed by atoms with Gasteiger partial charge in [-0.2, -0.15) is 0 Å². The molecule has 0 spiro atoms. The molecule has 146 valence electrons. The molecule has 1 aliphatic rings. The second-order valence-electron chi connectivity index (χ2n) is 5.75. The van der Waals surface area contributed by atoms with E-state index in [4.69, 9.17) is 28.4 Å². The number of ether oxygens (including phenoxy) is 6. The van der Waals surface area contributed by atoms with Gasteiger partial charge in [-0.3, -0.25) is 0 Å². The summed E-state index contributed by atoms with van der Waals surface area (Å²) in [5, 5.41) is 0. The third kappa shape index (κ3) is 4.70. The Kier molecular flexibility index (Phi) is 6.66. The molecule has 0 amide bonds. The minimum atomic E-state index is 0.274. The van der Waals surface area contributed by atoms with E-state index in [0.29, 0.717) is 30.5 Å². The zero-order chi connectivity index (χ0) is 19.8. The molecule has 0 N–H and O–H groups in total. The van der Waals surface area contributed by atoms with Crippen LogP contribution in [0.3, 0.4) is 0 Å². The maximum Gasteiger partial charge on any atom is 0.231 e. The molecule has 0 saturated heterocycles. The smallest absolute Gasteiger partial charge is 0.231 e. The van der Waals surface area contributed by atoms with Crippen LogP contribution in [-0.4, -0.2) is 41.3 Å². The normalized spacial score (nSPS) is 11.8. The molecule has 6 nitrogen and oxygen atoms in total. The average molecular weight is 382 g/mol. The van der Waals surface area contributed by atoms with Crippen LogP contribution in [0.1, 0.15) is 11.1 Å². The van der Waals surface area contributed by atoms with Crippen LogP contribution in [0.4, 0.5) is 0 Å². The SMILES string of the molecule is COc1cc(C#CCOC/C=C/c2ccc3c(c2)OCO3)cc(OC)c1OC. The number of fused-ring (bicyclic) bond motifs is 1. The summed E-state index contributed by atoms with van der Waals surface area (Å²) >= 11 is 0. The summed E-state index contributed by atoms with van der Waals surface area (Å²) in [7, 11) is 4.71. The highest BCUT2D eigenvalue weighted by molar-refractivity contribution is 5.58. The van der Waals surface area contributed by atoms with Crippen molar-refractivity contribution in [1.82, 2.24) is 0 Å². The van der Waals surface area contributed by atoms with Crippen molar-refractivity contribution >= 4 is 6.08 Å². The van der Waals surface area contributed by atoms with Crippen LogP contribution in [0, 0.1) is 11.8 Å². The number of methoxy groups -OCH3 is 3. The molecule has 3 rings (SSSR count). The predicted molar refractivity (Wildman–Crippen MR) is 105 cm³/mol. The van der Waals surface area contributed by atoms with Gasteiger partial charge >= 0.3 is 0 Å². The molecule has 0 saturated carbocycles. The molecule has 1 heterocycles. The van der Waals surface area contributed by atoms with Crippen LogP contribution in [0.5, 0.6) is 28.7 Å². The molecule has 0 aromatic heterocycles. The summed E-state index contributed by atoms with van der Waals surface area (Å²) in [6.07, 6.45) is 3.90. The predicted octanol–water partition coefficient (Wildman–Crippen LogP) is 3.52. The molecular formula is C22H22O6. The van der Waals surface area contributed by atoms with Gasteiger partial charge in [0.1, 0.15) is 6.61 Å². The van der Waals surface area contributed by atoms with Crippen LogP contribution in [0.15, 0.2) is 36.4 Å². The molecule has 28 heavy (non-hydrogen) atoms. The standard InChI is InChI=1S/C22H22O6/c1-23-20-13-17(14-21(24-2)22(20)25-3)7-5-11-26-10-4-6-16-8-9-18-19(12-16)28-15-27-18/h4,6,8-9,12-14H,10-11,15H2,1-3H3/b6-4+. The van der Waals surface area contributed by atoms with E-state index < -0.39 is 0 Å². The first-order valence-electron chi connectivity index (χ1n) is 8.68. The molecule has 0 atom stereocenters. The van der Waals surface area contributed by atoms with Crippen molar-refractivity contribution in [3.63, 3.8) is 0 Å². The van der Waals surface area contributed by atoms with Gasteiger partial charge in [0.2, 0.25) is 12.5 Å². The average Bonchev–Trinajstić information content (AvgIpc) is 3.20. The lowest BCUT2D eigenvalue weighted by atomic mass is 10.2. The second-order valence-corrected chi connectivity index (χ2v) is 5.75. The molecule has 2 aromatic rings. The highest BCUT2D eigenvalue weighted by Crippen LogP contribution is 2.38. The van der Waals surface area contributed by atoms with E-state index >= 15 is 0 Å². The van der Waals surface area contributed by atoms with Gasteiger partial charge in [0.25, 0.3) is 0 Å². The van der Waals surface area contributed by atoms with Crippen molar-refractivity contribution in [3.8, 4) is 40.6 Å². The first-order chi connectivity index (χ1) is 13.7. The van der Waals surface area contributed by atoms with Gasteiger partial charge in [-0.15, -0.1) is 0 Å². The number of benzene rings is 2. The molecule has 0 aliphatic carbocycles. The minimum Gasteiger partial charge on any atom is -0.493 e. The molecule has 0 bridgehead atoms. The van der Waals surface area contributed by atoms with E-state index in [-0.39, 0.29) is 6.79 Å². The number of hydrogen-bond acceptors (Lipinski definition) is 6. The molecule has 0 fully saturated rings. The lowest BCUT2D eigenvalue weighted by Gasteiger charge is -2.12. The van der Waals surface area contributed by atoms with Gasteiger partial charge in [0.05, 0.1) is 27.9 Å². The lowest BCUT2D eigenvalue weighted by molar-refractivity contribution is 0.174. The highest BCUT2D eigenvalue weighted by Gasteiger charge is 2.13. The van der Waals surface area contributed by atoms with E-state index in [1.54, 1.807) is 33.5 Å². The zero-order valence-electron chi connectivity index (χ0n) is 16.1. The van der Waals surface area contributed by atoms with Gasteiger partial charge in [-0.1, -0.05) is 30.1 Å². The molecule has 6 heteroatoms. The maximum atomic E-state index is 5.52. The van der Waals surface area contributed by atoms with Crippen LogP contribution >= 0.6 is 0 Å². The van der Waals surface area contributed by atoms with Gasteiger partial charge in [0.15, 0.2) is 23.0 Å². The topological polar surface area (TPSA) is 55.4 Å². The molecular weight excluding hydrogens is 360 g/mol. The summed E-state index contributed by atoms with van der Waals surface area (Å²) in [5.74, 6) is 9.23. The summed E-state index contributed by atoms with van der Waals surface area (Å²) < 4.78 is 32.1. The van der Waals surface area contributed by atoms with E-state index in [9.17, 15) is 0 Å². The molecule has 0 unspecified atom stereocenters. The highest BCUT2D eigenvalue weighted by atomic mass is 16.7. The van der Waals surface area contributed by atoms with Crippen molar-refractivity contribution in [1.29, 1.82) is 0 Å². The van der Waals surface area contributed by atoms with Crippen molar-refractivity contribution in [2.75, 3.05) is 41.3 Å². The summed E-state index contributed by atoms with van der Waals surface area (Å²) in [6.45, 7) is 1.04. The third-order valence-electron chi connectivity index (χ3n) is 3.99. The fraction of sp³-hybridized carbons (Fsp3) is 0.273. The summed E-state index contributed by atoms with van der Waals surface area (Å²) in [5.41, 5.74) is 1.78. The van der Waals surface area contributed by atoms with Gasteiger partial charge in [0, 0.05) is 5.56 Å². The van der Waals surface area contributed by atoms with Crippen LogP contribution in [0.2, 0.25) is 0 Å². The number of rotatable bonds is 7. The van der Waals surface area contributed by atoms with Gasteiger partial charge in [-0.05, 0) is 29.8 Å². The molecule has 1 aliphatic heterocycles. The third-order valence-corrected chi connectivity index (χ3v) is 3.99. The van der Waals surface area contributed by atoms with Crippen molar-refractivity contribution < 1.29 is 28.4 Å². The van der Waals surface area contributed by atoms with Crippen molar-refractivity contribution in [2.24, 2.45) is 0 Å². The van der Waals surface area contributed by atoms with E-state index in [2.05, 4.69) is 11.8 Å². The fourth-order valence-corrected chi connectivity index (χ4v) is 2.67. The van der Waals surface area contributed by atoms with E-state index in [1.807, 2.05) is 30.4 Å². The monoisotopic (exact) mass is 382 g/mol. The van der Waals surface area contributed by atoms with Crippen molar-refractivity contribution in [2.45, 2.75) is 0 Å². The Morgan fingerprint density at radius 1 is 0.964 bits per heavy atom. The van der Waals surface area contributed by atoms with Gasteiger partial charge in [-0.25, -0.2) is 0 Å². The van der Waals surface area contributed by atoms with Gasteiger partial charge < -0.3 is 28.4 Å². The first-order valence-corrected chi connectivity index (χ1v) is 8.68. The Hall–Kier alpha value is -3.30. The zero-order valence-corrected chi connectivity index (χ0v) is 16.1.